The number of aromatic nitrogens is 1. The van der Waals surface area contributed by atoms with Crippen molar-refractivity contribution < 1.29 is 14.6 Å². The minimum absolute atomic E-state index is 0.319. The Morgan fingerprint density at radius 3 is 3.00 bits per heavy atom. The maximum Gasteiger partial charge on any atom is 0.253 e. The average molecular weight is 361 g/mol. The molecule has 2 aromatic rings. The Hall–Kier alpha value is -1.80. The molecular weight excluding hydrogens is 338 g/mol. The number of carbonyl (C=O) groups is 1. The first-order valence-corrected chi connectivity index (χ1v) is 9.16. The van der Waals surface area contributed by atoms with Gasteiger partial charge in [-0.05, 0) is 12.0 Å². The summed E-state index contributed by atoms with van der Waals surface area (Å²) < 4.78 is 5.04. The number of thiazole rings is 1. The van der Waals surface area contributed by atoms with Gasteiger partial charge in [-0.25, -0.2) is 4.98 Å². The van der Waals surface area contributed by atoms with Crippen molar-refractivity contribution in [3.63, 3.8) is 0 Å². The van der Waals surface area contributed by atoms with Gasteiger partial charge in [-0.15, -0.1) is 11.3 Å². The molecule has 2 heterocycles. The molecule has 1 aliphatic rings. The molecule has 134 valence electrons. The third kappa shape index (κ3) is 4.64. The van der Waals surface area contributed by atoms with Crippen molar-refractivity contribution in [3.8, 4) is 0 Å². The van der Waals surface area contributed by atoms with Gasteiger partial charge in [0.05, 0.1) is 18.8 Å². The average Bonchev–Trinajstić information content (AvgIpc) is 3.21. The predicted octanol–water partition coefficient (Wildman–Crippen LogP) is 1.54. The lowest BCUT2D eigenvalue weighted by molar-refractivity contribution is -0.138. The minimum Gasteiger partial charge on any atom is -0.379 e. The Morgan fingerprint density at radius 1 is 1.44 bits per heavy atom. The lowest BCUT2D eigenvalue weighted by atomic mass is 10.0. The first kappa shape index (κ1) is 18.0. The van der Waals surface area contributed by atoms with Gasteiger partial charge in [0, 0.05) is 32.1 Å². The van der Waals surface area contributed by atoms with E-state index in [0.717, 1.165) is 17.2 Å². The van der Waals surface area contributed by atoms with Gasteiger partial charge in [-0.2, -0.15) is 0 Å². The molecule has 2 N–H and O–H groups in total. The smallest absolute Gasteiger partial charge is 0.253 e. The van der Waals surface area contributed by atoms with Crippen molar-refractivity contribution in [1.82, 2.24) is 15.2 Å². The van der Waals surface area contributed by atoms with Crippen LogP contribution < -0.4 is 5.32 Å². The number of hydrogen-bond donors (Lipinski definition) is 2. The van der Waals surface area contributed by atoms with Crippen molar-refractivity contribution >= 4 is 17.2 Å². The Bertz CT molecular complexity index is 707. The van der Waals surface area contributed by atoms with E-state index in [1.54, 1.807) is 7.11 Å². The van der Waals surface area contributed by atoms with Gasteiger partial charge in [-0.1, -0.05) is 30.3 Å². The quantitative estimate of drug-likeness (QED) is 0.783. The molecule has 0 saturated carbocycles. The van der Waals surface area contributed by atoms with E-state index < -0.39 is 5.60 Å². The highest BCUT2D eigenvalue weighted by Crippen LogP contribution is 2.23. The van der Waals surface area contributed by atoms with E-state index in [1.165, 1.54) is 16.9 Å². The van der Waals surface area contributed by atoms with Crippen LogP contribution in [0.2, 0.25) is 0 Å². The first-order valence-electron chi connectivity index (χ1n) is 8.28. The summed E-state index contributed by atoms with van der Waals surface area (Å²) in [6.45, 7) is 2.58. The zero-order valence-electron chi connectivity index (χ0n) is 14.3. The van der Waals surface area contributed by atoms with Crippen molar-refractivity contribution in [2.75, 3.05) is 20.2 Å². The molecular formula is C18H23N3O3S. The molecule has 3 rings (SSSR count). The summed E-state index contributed by atoms with van der Waals surface area (Å²) >= 11 is 1.50. The fraction of sp³-hybridized carbons (Fsp3) is 0.444. The largest absolute Gasteiger partial charge is 0.379 e. The highest BCUT2D eigenvalue weighted by Gasteiger charge is 2.42. The highest BCUT2D eigenvalue weighted by atomic mass is 32.1. The van der Waals surface area contributed by atoms with E-state index >= 15 is 0 Å². The number of methoxy groups -OCH3 is 1. The summed E-state index contributed by atoms with van der Waals surface area (Å²) in [5.74, 6) is -0.329. The SMILES string of the molecule is COCc1nc(CNC(=O)C2(O)CCN(Cc3ccccc3)C2)cs1. The number of aliphatic hydroxyl groups is 1. The molecule has 0 aliphatic carbocycles. The number of amides is 1. The van der Waals surface area contributed by atoms with Crippen LogP contribution in [0.3, 0.4) is 0 Å². The summed E-state index contributed by atoms with van der Waals surface area (Å²) in [7, 11) is 1.62. The van der Waals surface area contributed by atoms with Gasteiger partial charge >= 0.3 is 0 Å². The summed E-state index contributed by atoms with van der Waals surface area (Å²) in [4.78, 5) is 18.9. The Morgan fingerprint density at radius 2 is 2.24 bits per heavy atom. The number of hydrogen-bond acceptors (Lipinski definition) is 6. The molecule has 1 atom stereocenters. The standard InChI is InChI=1S/C18H23N3O3S/c1-24-11-16-20-15(12-25-16)9-19-17(22)18(23)7-8-21(13-18)10-14-5-3-2-4-6-14/h2-6,12,23H,7-11,13H2,1H3,(H,19,22). The lowest BCUT2D eigenvalue weighted by Crippen LogP contribution is -2.48. The second-order valence-corrected chi connectivity index (χ2v) is 7.27. The molecule has 0 bridgehead atoms. The molecule has 1 fully saturated rings. The van der Waals surface area contributed by atoms with Gasteiger partial charge in [0.15, 0.2) is 5.60 Å². The van der Waals surface area contributed by atoms with Crippen LogP contribution >= 0.6 is 11.3 Å². The number of nitrogens with zero attached hydrogens (tertiary/aromatic N) is 2. The van der Waals surface area contributed by atoms with Crippen LogP contribution in [0.5, 0.6) is 0 Å². The third-order valence-electron chi connectivity index (χ3n) is 4.30. The summed E-state index contributed by atoms with van der Waals surface area (Å²) in [5, 5.41) is 16.3. The number of β-amino-alcohol motifs (C(OH)–C–C–N with tert-alkyl or cyclic N) is 1. The van der Waals surface area contributed by atoms with E-state index in [1.807, 2.05) is 23.6 Å². The van der Waals surface area contributed by atoms with Gasteiger partial charge in [-0.3, -0.25) is 9.69 Å². The van der Waals surface area contributed by atoms with E-state index in [2.05, 4.69) is 27.3 Å². The van der Waals surface area contributed by atoms with Crippen molar-refractivity contribution in [2.24, 2.45) is 0 Å². The zero-order valence-corrected chi connectivity index (χ0v) is 15.1. The molecule has 1 aromatic heterocycles. The highest BCUT2D eigenvalue weighted by molar-refractivity contribution is 7.09. The van der Waals surface area contributed by atoms with Crippen LogP contribution in [-0.4, -0.2) is 46.7 Å². The molecule has 7 heteroatoms. The first-order chi connectivity index (χ1) is 12.1. The molecule has 1 saturated heterocycles. The Labute approximate surface area is 151 Å². The molecule has 1 amide bonds. The van der Waals surface area contributed by atoms with Crippen LogP contribution in [-0.2, 0) is 29.2 Å². The predicted molar refractivity (Wildman–Crippen MR) is 96.0 cm³/mol. The van der Waals surface area contributed by atoms with Crippen LogP contribution in [0.1, 0.15) is 22.7 Å². The monoisotopic (exact) mass is 361 g/mol. The maximum atomic E-state index is 12.4. The second-order valence-electron chi connectivity index (χ2n) is 6.33. The summed E-state index contributed by atoms with van der Waals surface area (Å²) in [6, 6.07) is 10.1. The zero-order chi connectivity index (χ0) is 17.7. The number of nitrogens with one attached hydrogen (secondary N) is 1. The van der Waals surface area contributed by atoms with E-state index in [9.17, 15) is 9.90 Å². The molecule has 0 radical (unpaired) electrons. The maximum absolute atomic E-state index is 12.4. The van der Waals surface area contributed by atoms with Crippen molar-refractivity contribution in [2.45, 2.75) is 31.7 Å². The number of carbonyl (C=O) groups excluding carboxylic acids is 1. The molecule has 25 heavy (non-hydrogen) atoms. The molecule has 1 aliphatic heterocycles. The van der Waals surface area contributed by atoms with Crippen molar-refractivity contribution in [1.29, 1.82) is 0 Å². The fourth-order valence-corrected chi connectivity index (χ4v) is 3.75. The summed E-state index contributed by atoms with van der Waals surface area (Å²) in [6.07, 6.45) is 0.442. The number of likely N-dealkylation sites (tertiary alicyclic amines) is 1. The fourth-order valence-electron chi connectivity index (χ4n) is 2.99. The van der Waals surface area contributed by atoms with Gasteiger partial charge in [0.2, 0.25) is 0 Å². The van der Waals surface area contributed by atoms with Gasteiger partial charge < -0.3 is 15.2 Å². The topological polar surface area (TPSA) is 74.7 Å². The molecule has 1 aromatic carbocycles. The Kier molecular flexibility index (Phi) is 5.80. The van der Waals surface area contributed by atoms with Crippen LogP contribution in [0, 0.1) is 0 Å². The minimum atomic E-state index is -1.33. The van der Waals surface area contributed by atoms with Gasteiger partial charge in [0.1, 0.15) is 5.01 Å². The van der Waals surface area contributed by atoms with Crippen LogP contribution in [0.15, 0.2) is 35.7 Å². The number of rotatable bonds is 7. The van der Waals surface area contributed by atoms with Crippen molar-refractivity contribution in [3.05, 3.63) is 52.0 Å². The van der Waals surface area contributed by atoms with Gasteiger partial charge in [0.25, 0.3) is 5.91 Å². The van der Waals surface area contributed by atoms with E-state index in [0.29, 0.717) is 32.7 Å². The second kappa shape index (κ2) is 8.05. The third-order valence-corrected chi connectivity index (χ3v) is 5.17. The molecule has 0 spiro atoms. The van der Waals surface area contributed by atoms with E-state index in [4.69, 9.17) is 4.74 Å². The summed E-state index contributed by atoms with van der Waals surface area (Å²) in [5.41, 5.74) is 0.633. The van der Waals surface area contributed by atoms with Crippen LogP contribution in [0.4, 0.5) is 0 Å². The molecule has 1 unspecified atom stereocenters. The van der Waals surface area contributed by atoms with E-state index in [-0.39, 0.29) is 5.91 Å². The Balaban J connectivity index is 1.51. The number of ether oxygens (including phenoxy) is 1. The normalized spacial score (nSPS) is 20.7. The van der Waals surface area contributed by atoms with Crippen LogP contribution in [0.25, 0.3) is 0 Å². The molecule has 6 nitrogen and oxygen atoms in total. The lowest BCUT2D eigenvalue weighted by Gasteiger charge is -2.22. The number of benzene rings is 1.